The van der Waals surface area contributed by atoms with Gasteiger partial charge in [-0.15, -0.1) is 0 Å². The topological polar surface area (TPSA) is 74.6 Å². The Morgan fingerprint density at radius 2 is 1.97 bits per heavy atom. The number of halogens is 3. The minimum Gasteiger partial charge on any atom is -0.477 e. The lowest BCUT2D eigenvalue weighted by Gasteiger charge is -2.26. The molecule has 9 heteroatoms. The number of carboxylic acid groups (broad SMARTS) is 1. The van der Waals surface area contributed by atoms with Gasteiger partial charge in [-0.05, 0) is 56.6 Å². The molecular formula is C25H24F3N3O3. The van der Waals surface area contributed by atoms with Crippen molar-refractivity contribution in [3.05, 3.63) is 75.8 Å². The number of fused-ring (bicyclic) bond motifs is 1. The Morgan fingerprint density at radius 1 is 1.24 bits per heavy atom. The van der Waals surface area contributed by atoms with Crippen LogP contribution in [0.25, 0.3) is 22.2 Å². The van der Waals surface area contributed by atoms with E-state index in [0.717, 1.165) is 37.4 Å². The summed E-state index contributed by atoms with van der Waals surface area (Å²) in [5.41, 5.74) is -0.717. The summed E-state index contributed by atoms with van der Waals surface area (Å²) in [6.45, 7) is 7.49. The zero-order valence-corrected chi connectivity index (χ0v) is 18.8. The van der Waals surface area contributed by atoms with Crippen LogP contribution in [0.5, 0.6) is 0 Å². The summed E-state index contributed by atoms with van der Waals surface area (Å²) in [6.07, 6.45) is 1.82. The first-order chi connectivity index (χ1) is 16.1. The number of carboxylic acids is 1. The van der Waals surface area contributed by atoms with E-state index in [1.165, 1.54) is 4.57 Å². The molecule has 0 radical (unpaired) electrons. The molecule has 0 aliphatic carbocycles. The van der Waals surface area contributed by atoms with Gasteiger partial charge in [0.25, 0.3) is 0 Å². The number of nitrogens with one attached hydrogen (secondary N) is 1. The second-order valence-corrected chi connectivity index (χ2v) is 8.56. The Kier molecular flexibility index (Phi) is 6.22. The van der Waals surface area contributed by atoms with E-state index in [1.807, 2.05) is 11.9 Å². The molecule has 178 valence electrons. The smallest absolute Gasteiger partial charge is 0.341 e. The van der Waals surface area contributed by atoms with Crippen molar-refractivity contribution in [1.29, 1.82) is 0 Å². The van der Waals surface area contributed by atoms with Crippen LogP contribution in [0.2, 0.25) is 0 Å². The molecule has 34 heavy (non-hydrogen) atoms. The second kappa shape index (κ2) is 8.98. The largest absolute Gasteiger partial charge is 0.477 e. The zero-order chi connectivity index (χ0) is 24.7. The summed E-state index contributed by atoms with van der Waals surface area (Å²) in [6, 6.07) is 3.82. The van der Waals surface area contributed by atoms with Gasteiger partial charge in [-0.1, -0.05) is 6.58 Å². The van der Waals surface area contributed by atoms with Gasteiger partial charge in [-0.25, -0.2) is 18.0 Å². The van der Waals surface area contributed by atoms with Crippen LogP contribution in [0, 0.1) is 23.4 Å². The van der Waals surface area contributed by atoms with Crippen LogP contribution in [-0.4, -0.2) is 42.3 Å². The maximum atomic E-state index is 15.6. The molecule has 1 aliphatic heterocycles. The number of aromatic nitrogens is 1. The third-order valence-corrected chi connectivity index (χ3v) is 6.14. The third-order valence-electron chi connectivity index (χ3n) is 6.14. The van der Waals surface area contributed by atoms with Gasteiger partial charge in [0, 0.05) is 30.9 Å². The lowest BCUT2D eigenvalue weighted by Crippen LogP contribution is -2.27. The van der Waals surface area contributed by atoms with Crippen molar-refractivity contribution >= 4 is 28.1 Å². The summed E-state index contributed by atoms with van der Waals surface area (Å²) in [5, 5.41) is 12.5. The van der Waals surface area contributed by atoms with Crippen LogP contribution in [0.4, 0.5) is 18.9 Å². The SMILES string of the molecule is C=C(C)c1c(N2CCC(CNC)C2)c(F)cc2c(=O)c(C(=O)O)cn(-c3ccc(F)cc3F)c12. The van der Waals surface area contributed by atoms with E-state index >= 15 is 4.39 Å². The standard InChI is InChI=1S/C25H24F3N3O3/c1-13(2)21-22-16(9-19(28)23(21)30-7-6-14(11-30)10-29-3)24(32)17(25(33)34)12-31(22)20-5-4-15(26)8-18(20)27/h4-5,8-9,12,14,29H,1,6-7,10-11H2,2-3H3,(H,33,34). The fraction of sp³-hybridized carbons (Fsp3) is 0.280. The number of pyridine rings is 1. The van der Waals surface area contributed by atoms with Gasteiger partial charge in [0.2, 0.25) is 5.43 Å². The average molecular weight is 471 g/mol. The fourth-order valence-corrected chi connectivity index (χ4v) is 4.67. The van der Waals surface area contributed by atoms with Gasteiger partial charge in [0.05, 0.1) is 22.3 Å². The van der Waals surface area contributed by atoms with E-state index in [-0.39, 0.29) is 33.8 Å². The first-order valence-corrected chi connectivity index (χ1v) is 10.8. The molecule has 0 saturated carbocycles. The molecule has 1 saturated heterocycles. The van der Waals surface area contributed by atoms with Crippen LogP contribution in [-0.2, 0) is 0 Å². The van der Waals surface area contributed by atoms with E-state index in [2.05, 4.69) is 11.9 Å². The van der Waals surface area contributed by atoms with Gasteiger partial charge in [0.15, 0.2) is 0 Å². The summed E-state index contributed by atoms with van der Waals surface area (Å²) in [5.74, 6) is -3.73. The fourth-order valence-electron chi connectivity index (χ4n) is 4.67. The van der Waals surface area contributed by atoms with Gasteiger partial charge < -0.3 is 19.9 Å². The number of benzene rings is 2. The molecule has 1 atom stereocenters. The van der Waals surface area contributed by atoms with Crippen molar-refractivity contribution < 1.29 is 23.1 Å². The lowest BCUT2D eigenvalue weighted by molar-refractivity contribution is 0.0695. The van der Waals surface area contributed by atoms with Gasteiger partial charge >= 0.3 is 5.97 Å². The first kappa shape index (κ1) is 23.6. The Bertz CT molecular complexity index is 1380. The maximum absolute atomic E-state index is 15.6. The Hall–Kier alpha value is -3.59. The van der Waals surface area contributed by atoms with Crippen molar-refractivity contribution in [1.82, 2.24) is 9.88 Å². The van der Waals surface area contributed by atoms with Gasteiger partial charge in [-0.3, -0.25) is 4.79 Å². The van der Waals surface area contributed by atoms with Crippen LogP contribution >= 0.6 is 0 Å². The van der Waals surface area contributed by atoms with Crippen molar-refractivity contribution in [2.24, 2.45) is 5.92 Å². The number of hydrogen-bond acceptors (Lipinski definition) is 4. The Morgan fingerprint density at radius 3 is 2.59 bits per heavy atom. The van der Waals surface area contributed by atoms with E-state index in [0.29, 0.717) is 24.7 Å². The van der Waals surface area contributed by atoms with Crippen LogP contribution in [0.15, 0.2) is 41.8 Å². The summed E-state index contributed by atoms with van der Waals surface area (Å²) in [7, 11) is 1.84. The first-order valence-electron chi connectivity index (χ1n) is 10.8. The predicted molar refractivity (Wildman–Crippen MR) is 125 cm³/mol. The van der Waals surface area contributed by atoms with Crippen LogP contribution in [0.3, 0.4) is 0 Å². The van der Waals surface area contributed by atoms with Crippen molar-refractivity contribution in [2.75, 3.05) is 31.6 Å². The summed E-state index contributed by atoms with van der Waals surface area (Å²) < 4.78 is 45.2. The minimum atomic E-state index is -1.54. The van der Waals surface area contributed by atoms with E-state index < -0.39 is 34.4 Å². The normalized spacial score (nSPS) is 15.8. The molecule has 0 spiro atoms. The zero-order valence-electron chi connectivity index (χ0n) is 18.8. The molecule has 1 aliphatic rings. The molecule has 1 fully saturated rings. The highest BCUT2D eigenvalue weighted by atomic mass is 19.1. The number of nitrogens with zero attached hydrogens (tertiary/aromatic N) is 2. The van der Waals surface area contributed by atoms with E-state index in [4.69, 9.17) is 0 Å². The average Bonchev–Trinajstić information content (AvgIpc) is 3.22. The number of allylic oxidation sites excluding steroid dienone is 1. The monoisotopic (exact) mass is 471 g/mol. The van der Waals surface area contributed by atoms with Crippen LogP contribution < -0.4 is 15.6 Å². The van der Waals surface area contributed by atoms with Gasteiger partial charge in [-0.2, -0.15) is 0 Å². The highest BCUT2D eigenvalue weighted by Crippen LogP contribution is 2.39. The van der Waals surface area contributed by atoms with Gasteiger partial charge in [0.1, 0.15) is 23.0 Å². The van der Waals surface area contributed by atoms with Crippen molar-refractivity contribution in [2.45, 2.75) is 13.3 Å². The maximum Gasteiger partial charge on any atom is 0.341 e. The molecule has 1 aromatic heterocycles. The summed E-state index contributed by atoms with van der Waals surface area (Å²) >= 11 is 0. The summed E-state index contributed by atoms with van der Waals surface area (Å²) in [4.78, 5) is 26.7. The van der Waals surface area contributed by atoms with Crippen LogP contribution in [0.1, 0.15) is 29.3 Å². The number of anilines is 1. The third kappa shape index (κ3) is 3.96. The number of rotatable bonds is 6. The molecular weight excluding hydrogens is 447 g/mol. The highest BCUT2D eigenvalue weighted by molar-refractivity contribution is 6.01. The molecule has 0 bridgehead atoms. The Labute approximate surface area is 193 Å². The van der Waals surface area contributed by atoms with E-state index in [9.17, 15) is 23.5 Å². The molecule has 4 rings (SSSR count). The lowest BCUT2D eigenvalue weighted by atomic mass is 9.98. The molecule has 3 aromatic rings. The molecule has 2 aromatic carbocycles. The van der Waals surface area contributed by atoms with E-state index in [1.54, 1.807) is 6.92 Å². The number of aromatic carboxylic acids is 1. The predicted octanol–water partition coefficient (Wildman–Crippen LogP) is 4.19. The molecule has 0 amide bonds. The second-order valence-electron chi connectivity index (χ2n) is 8.56. The number of hydrogen-bond donors (Lipinski definition) is 2. The Balaban J connectivity index is 2.12. The van der Waals surface area contributed by atoms with Crippen molar-refractivity contribution in [3.63, 3.8) is 0 Å². The molecule has 2 heterocycles. The quantitative estimate of drug-likeness (QED) is 0.564. The molecule has 2 N–H and O–H groups in total. The van der Waals surface area contributed by atoms with Crippen molar-refractivity contribution in [3.8, 4) is 5.69 Å². The minimum absolute atomic E-state index is 0.112. The highest BCUT2D eigenvalue weighted by Gasteiger charge is 2.30. The molecule has 6 nitrogen and oxygen atoms in total. The molecule has 1 unspecified atom stereocenters. The number of carbonyl (C=O) groups is 1.